The van der Waals surface area contributed by atoms with E-state index in [2.05, 4.69) is 0 Å². The molecule has 0 aliphatic carbocycles. The summed E-state index contributed by atoms with van der Waals surface area (Å²) in [6.07, 6.45) is 1.59. The van der Waals surface area contributed by atoms with E-state index < -0.39 is 9.84 Å². The van der Waals surface area contributed by atoms with E-state index in [9.17, 15) is 8.42 Å². The molecule has 3 atom stereocenters. The van der Waals surface area contributed by atoms with Crippen molar-refractivity contribution in [3.63, 3.8) is 0 Å². The van der Waals surface area contributed by atoms with Crippen LogP contribution in [0.15, 0.2) is 0 Å². The lowest BCUT2D eigenvalue weighted by Gasteiger charge is -2.20. The second kappa shape index (κ2) is 5.71. The number of rotatable bonds is 6. The Hall–Kier alpha value is -0.0900. The molecule has 14 heavy (non-hydrogen) atoms. The summed E-state index contributed by atoms with van der Waals surface area (Å²) in [4.78, 5) is 0. The van der Waals surface area contributed by atoms with Crippen LogP contribution in [0.2, 0.25) is 0 Å². The zero-order valence-corrected chi connectivity index (χ0v) is 10.5. The largest absolute Gasteiger partial charge is 0.327 e. The first-order valence-corrected chi connectivity index (χ1v) is 7.03. The average molecular weight is 221 g/mol. The number of hydrogen-bond acceptors (Lipinski definition) is 3. The number of hydrogen-bond donors (Lipinski definition) is 1. The molecule has 3 nitrogen and oxygen atoms in total. The molecule has 0 heterocycles. The molecule has 0 radical (unpaired) electrons. The third kappa shape index (κ3) is 3.96. The third-order valence-corrected chi connectivity index (χ3v) is 5.40. The van der Waals surface area contributed by atoms with Crippen molar-refractivity contribution in [3.8, 4) is 0 Å². The first-order chi connectivity index (χ1) is 6.35. The molecule has 0 rings (SSSR count). The van der Waals surface area contributed by atoms with E-state index in [1.54, 1.807) is 6.92 Å². The topological polar surface area (TPSA) is 60.2 Å². The predicted octanol–water partition coefficient (Wildman–Crippen LogP) is 1.57. The molecule has 0 aromatic rings. The third-order valence-electron chi connectivity index (χ3n) is 2.99. The molecule has 0 aromatic heterocycles. The second-order valence-corrected chi connectivity index (χ2v) is 6.56. The van der Waals surface area contributed by atoms with Gasteiger partial charge in [-0.2, -0.15) is 0 Å². The van der Waals surface area contributed by atoms with Crippen molar-refractivity contribution in [2.24, 2.45) is 11.7 Å². The van der Waals surface area contributed by atoms with Crippen LogP contribution < -0.4 is 5.73 Å². The summed E-state index contributed by atoms with van der Waals surface area (Å²) < 4.78 is 23.4. The molecule has 0 aliphatic heterocycles. The monoisotopic (exact) mass is 221 g/mol. The van der Waals surface area contributed by atoms with Crippen molar-refractivity contribution in [2.75, 3.05) is 5.75 Å². The summed E-state index contributed by atoms with van der Waals surface area (Å²) in [6, 6.07) is -0.223. The second-order valence-electron chi connectivity index (χ2n) is 4.10. The van der Waals surface area contributed by atoms with E-state index in [1.165, 1.54) is 0 Å². The van der Waals surface area contributed by atoms with Gasteiger partial charge >= 0.3 is 0 Å². The lowest BCUT2D eigenvalue weighted by molar-refractivity contribution is 0.464. The molecule has 0 saturated carbocycles. The molecule has 0 aromatic carbocycles. The minimum Gasteiger partial charge on any atom is -0.327 e. The van der Waals surface area contributed by atoms with Crippen LogP contribution in [0.5, 0.6) is 0 Å². The Balaban J connectivity index is 4.37. The van der Waals surface area contributed by atoms with Gasteiger partial charge < -0.3 is 5.73 Å². The molecule has 0 spiro atoms. The molecule has 0 aliphatic rings. The molecule has 0 fully saturated rings. The van der Waals surface area contributed by atoms with Crippen LogP contribution in [0, 0.1) is 5.92 Å². The van der Waals surface area contributed by atoms with Gasteiger partial charge in [-0.05, 0) is 19.3 Å². The summed E-state index contributed by atoms with van der Waals surface area (Å²) >= 11 is 0. The molecule has 0 bridgehead atoms. The van der Waals surface area contributed by atoms with Gasteiger partial charge in [0, 0.05) is 6.04 Å². The van der Waals surface area contributed by atoms with Crippen LogP contribution in [-0.4, -0.2) is 25.5 Å². The highest BCUT2D eigenvalue weighted by atomic mass is 32.2. The predicted molar refractivity (Wildman–Crippen MR) is 61.0 cm³/mol. The maximum atomic E-state index is 11.7. The number of sulfone groups is 1. The van der Waals surface area contributed by atoms with Gasteiger partial charge in [-0.15, -0.1) is 0 Å². The van der Waals surface area contributed by atoms with Crippen LogP contribution >= 0.6 is 0 Å². The minimum atomic E-state index is -2.99. The van der Waals surface area contributed by atoms with Gasteiger partial charge in [0.15, 0.2) is 9.84 Å². The van der Waals surface area contributed by atoms with E-state index in [1.807, 2.05) is 20.8 Å². The number of nitrogens with two attached hydrogens (primary N) is 1. The van der Waals surface area contributed by atoms with Gasteiger partial charge in [0.25, 0.3) is 0 Å². The molecule has 4 heteroatoms. The van der Waals surface area contributed by atoms with Crippen molar-refractivity contribution in [2.45, 2.75) is 51.8 Å². The van der Waals surface area contributed by atoms with E-state index >= 15 is 0 Å². The molecular formula is C10H23NO2S. The summed E-state index contributed by atoms with van der Waals surface area (Å²) in [5, 5.41) is -0.266. The quantitative estimate of drug-likeness (QED) is 0.740. The Labute approximate surface area is 88.0 Å². The average Bonchev–Trinajstić information content (AvgIpc) is 2.14. The maximum Gasteiger partial charge on any atom is 0.154 e. The molecule has 86 valence electrons. The van der Waals surface area contributed by atoms with Crippen molar-refractivity contribution >= 4 is 9.84 Å². The molecule has 0 saturated heterocycles. The van der Waals surface area contributed by atoms with Crippen LogP contribution in [0.1, 0.15) is 40.5 Å². The van der Waals surface area contributed by atoms with Crippen LogP contribution in [-0.2, 0) is 9.84 Å². The first-order valence-electron chi connectivity index (χ1n) is 5.32. The maximum absolute atomic E-state index is 11.7. The fraction of sp³-hybridized carbons (Fsp3) is 1.00. The van der Waals surface area contributed by atoms with Gasteiger partial charge in [-0.3, -0.25) is 0 Å². The fourth-order valence-corrected chi connectivity index (χ4v) is 2.85. The summed E-state index contributed by atoms with van der Waals surface area (Å²) in [5.74, 6) is 0.394. The lowest BCUT2D eigenvalue weighted by Crippen LogP contribution is -2.38. The Bertz CT molecular complexity index is 249. The highest BCUT2D eigenvalue weighted by Crippen LogP contribution is 2.12. The van der Waals surface area contributed by atoms with Crippen molar-refractivity contribution < 1.29 is 8.42 Å². The zero-order chi connectivity index (χ0) is 11.4. The molecule has 3 unspecified atom stereocenters. The summed E-state index contributed by atoms with van der Waals surface area (Å²) in [5.41, 5.74) is 5.83. The Kier molecular flexibility index (Phi) is 5.67. The van der Waals surface area contributed by atoms with Gasteiger partial charge in [-0.1, -0.05) is 27.2 Å². The van der Waals surface area contributed by atoms with Crippen molar-refractivity contribution in [1.29, 1.82) is 0 Å². The van der Waals surface area contributed by atoms with Gasteiger partial charge in [0.2, 0.25) is 0 Å². The lowest BCUT2D eigenvalue weighted by atomic mass is 10.0. The van der Waals surface area contributed by atoms with Gasteiger partial charge in [-0.25, -0.2) is 8.42 Å². The van der Waals surface area contributed by atoms with E-state index in [4.69, 9.17) is 5.73 Å². The van der Waals surface area contributed by atoms with E-state index in [-0.39, 0.29) is 23.0 Å². The van der Waals surface area contributed by atoms with Crippen LogP contribution in [0.25, 0.3) is 0 Å². The molecular weight excluding hydrogens is 198 g/mol. The highest BCUT2D eigenvalue weighted by Gasteiger charge is 2.24. The Morgan fingerprint density at radius 3 is 2.00 bits per heavy atom. The van der Waals surface area contributed by atoms with Gasteiger partial charge in [0.05, 0.1) is 11.0 Å². The van der Waals surface area contributed by atoms with Crippen molar-refractivity contribution in [1.82, 2.24) is 0 Å². The summed E-state index contributed by atoms with van der Waals surface area (Å²) in [7, 11) is -2.99. The molecule has 2 N–H and O–H groups in total. The normalized spacial score (nSPS) is 18.9. The first kappa shape index (κ1) is 13.9. The molecule has 0 amide bonds. The minimum absolute atomic E-state index is 0.122. The SMILES string of the molecule is CCC(C)C(N)CS(=O)(=O)C(C)CC. The zero-order valence-electron chi connectivity index (χ0n) is 9.66. The summed E-state index contributed by atoms with van der Waals surface area (Å²) in [6.45, 7) is 7.66. The standard InChI is InChI=1S/C10H23NO2S/c1-5-8(3)10(11)7-14(12,13)9(4)6-2/h8-10H,5-7,11H2,1-4H3. The Morgan fingerprint density at radius 2 is 1.64 bits per heavy atom. The smallest absolute Gasteiger partial charge is 0.154 e. The highest BCUT2D eigenvalue weighted by molar-refractivity contribution is 7.92. The van der Waals surface area contributed by atoms with Crippen molar-refractivity contribution in [3.05, 3.63) is 0 Å². The van der Waals surface area contributed by atoms with Crippen LogP contribution in [0.3, 0.4) is 0 Å². The van der Waals surface area contributed by atoms with E-state index in [0.717, 1.165) is 6.42 Å². The van der Waals surface area contributed by atoms with Gasteiger partial charge in [0.1, 0.15) is 0 Å². The van der Waals surface area contributed by atoms with E-state index in [0.29, 0.717) is 6.42 Å². The fourth-order valence-electron chi connectivity index (χ4n) is 1.15. The van der Waals surface area contributed by atoms with Crippen LogP contribution in [0.4, 0.5) is 0 Å². The Morgan fingerprint density at radius 1 is 1.14 bits per heavy atom.